The maximum atomic E-state index is 14.0. The van der Waals surface area contributed by atoms with E-state index >= 15 is 0 Å². The van der Waals surface area contributed by atoms with Gasteiger partial charge in [0.15, 0.2) is 5.78 Å². The summed E-state index contributed by atoms with van der Waals surface area (Å²) in [5.41, 5.74) is 9.65. The van der Waals surface area contributed by atoms with Crippen molar-refractivity contribution in [3.63, 3.8) is 0 Å². The predicted molar refractivity (Wildman–Crippen MR) is 87.8 cm³/mol. The van der Waals surface area contributed by atoms with E-state index in [4.69, 9.17) is 11.5 Å². The van der Waals surface area contributed by atoms with Gasteiger partial charge in [-0.15, -0.1) is 0 Å². The Morgan fingerprint density at radius 1 is 1.04 bits per heavy atom. The topological polar surface area (TPSA) is 89.3 Å². The highest BCUT2D eigenvalue weighted by molar-refractivity contribution is 6.03. The molecule has 24 heavy (non-hydrogen) atoms. The number of ketones is 1. The van der Waals surface area contributed by atoms with E-state index in [2.05, 4.69) is 0 Å². The second kappa shape index (κ2) is 7.17. The predicted octanol–water partition coefficient (Wildman–Crippen LogP) is 1.76. The van der Waals surface area contributed by atoms with Crippen LogP contribution in [0.2, 0.25) is 0 Å². The van der Waals surface area contributed by atoms with E-state index in [1.165, 1.54) is 12.1 Å². The molecule has 0 aliphatic rings. The molecule has 2 aromatic carbocycles. The third-order valence-electron chi connectivity index (χ3n) is 3.96. The van der Waals surface area contributed by atoms with Crippen molar-refractivity contribution in [1.82, 2.24) is 0 Å². The second-order valence-electron chi connectivity index (χ2n) is 5.77. The van der Waals surface area contributed by atoms with Gasteiger partial charge in [0, 0.05) is 12.0 Å². The van der Waals surface area contributed by atoms with Crippen molar-refractivity contribution < 1.29 is 18.7 Å². The quantitative estimate of drug-likeness (QED) is 0.673. The average molecular weight is 334 g/mol. The third-order valence-corrected chi connectivity index (χ3v) is 3.96. The fourth-order valence-electron chi connectivity index (χ4n) is 2.58. The van der Waals surface area contributed by atoms with Crippen LogP contribution in [0.15, 0.2) is 60.7 Å². The zero-order chi connectivity index (χ0) is 17.8. The number of alkyl halides is 2. The van der Waals surface area contributed by atoms with Gasteiger partial charge in [-0.2, -0.15) is 0 Å². The first kappa shape index (κ1) is 18.2. The number of carbonyl (C=O) groups excluding carboxylic acids is 1. The molecular weight excluding hydrogens is 314 g/mol. The fourth-order valence-corrected chi connectivity index (χ4v) is 2.58. The van der Waals surface area contributed by atoms with Gasteiger partial charge in [-0.25, -0.2) is 8.78 Å². The van der Waals surface area contributed by atoms with Crippen LogP contribution in [0.4, 0.5) is 8.78 Å². The molecule has 2 rings (SSSR count). The summed E-state index contributed by atoms with van der Waals surface area (Å²) in [7, 11) is 0. The van der Waals surface area contributed by atoms with Crippen LogP contribution in [0.1, 0.15) is 15.9 Å². The summed E-state index contributed by atoms with van der Waals surface area (Å²) in [5, 5.41) is 10.2. The number of carbonyl (C=O) groups is 1. The Balaban J connectivity index is 2.46. The van der Waals surface area contributed by atoms with Crippen LogP contribution in [-0.2, 0) is 6.42 Å². The third kappa shape index (κ3) is 3.67. The highest BCUT2D eigenvalue weighted by atomic mass is 19.3. The van der Waals surface area contributed by atoms with E-state index in [1.807, 2.05) is 0 Å². The summed E-state index contributed by atoms with van der Waals surface area (Å²) >= 11 is 0. The lowest BCUT2D eigenvalue weighted by Gasteiger charge is -2.37. The standard InChI is InChI=1S/C18H20F2N2O2/c19-18(20,12-21)16(24)17(22,11-13-7-3-1-4-8-13)15(23)14-9-5-2-6-10-14/h1-10,16,24H,11-12,21-22H2. The molecule has 0 aromatic heterocycles. The normalized spacial score (nSPS) is 15.5. The molecule has 0 bridgehead atoms. The van der Waals surface area contributed by atoms with Crippen LogP contribution in [0, 0.1) is 0 Å². The first-order chi connectivity index (χ1) is 11.3. The largest absolute Gasteiger partial charge is 0.384 e. The monoisotopic (exact) mass is 334 g/mol. The highest BCUT2D eigenvalue weighted by Gasteiger charge is 2.53. The molecule has 0 radical (unpaired) electrons. The SMILES string of the molecule is NCC(F)(F)C(O)C(N)(Cc1ccccc1)C(=O)c1ccccc1. The van der Waals surface area contributed by atoms with Gasteiger partial charge in [0.2, 0.25) is 0 Å². The Morgan fingerprint density at radius 3 is 2.04 bits per heavy atom. The number of halogens is 2. The summed E-state index contributed by atoms with van der Waals surface area (Å²) in [4.78, 5) is 12.8. The van der Waals surface area contributed by atoms with Crippen molar-refractivity contribution >= 4 is 5.78 Å². The lowest BCUT2D eigenvalue weighted by molar-refractivity contribution is -0.123. The number of benzene rings is 2. The van der Waals surface area contributed by atoms with E-state index in [0.717, 1.165) is 0 Å². The first-order valence-electron chi connectivity index (χ1n) is 7.50. The maximum absolute atomic E-state index is 14.0. The Labute approximate surface area is 139 Å². The molecule has 0 amide bonds. The molecular formula is C18H20F2N2O2. The highest BCUT2D eigenvalue weighted by Crippen LogP contribution is 2.30. The summed E-state index contributed by atoms with van der Waals surface area (Å²) in [6, 6.07) is 16.3. The van der Waals surface area contributed by atoms with Crippen LogP contribution >= 0.6 is 0 Å². The molecule has 5 N–H and O–H groups in total. The molecule has 0 heterocycles. The van der Waals surface area contributed by atoms with E-state index in [0.29, 0.717) is 5.56 Å². The van der Waals surface area contributed by atoms with Gasteiger partial charge in [0.25, 0.3) is 5.92 Å². The van der Waals surface area contributed by atoms with Crippen LogP contribution in [0.3, 0.4) is 0 Å². The lowest BCUT2D eigenvalue weighted by atomic mass is 9.77. The van der Waals surface area contributed by atoms with Gasteiger partial charge < -0.3 is 16.6 Å². The minimum atomic E-state index is -3.69. The van der Waals surface area contributed by atoms with Crippen molar-refractivity contribution in [3.05, 3.63) is 71.8 Å². The maximum Gasteiger partial charge on any atom is 0.287 e. The van der Waals surface area contributed by atoms with E-state index in [1.54, 1.807) is 48.5 Å². The van der Waals surface area contributed by atoms with Crippen molar-refractivity contribution in [2.24, 2.45) is 11.5 Å². The first-order valence-corrected chi connectivity index (χ1v) is 7.50. The van der Waals surface area contributed by atoms with E-state index in [9.17, 15) is 18.7 Å². The Bertz CT molecular complexity index is 680. The molecule has 6 heteroatoms. The van der Waals surface area contributed by atoms with E-state index in [-0.39, 0.29) is 12.0 Å². The molecule has 4 nitrogen and oxygen atoms in total. The second-order valence-corrected chi connectivity index (χ2v) is 5.77. The Morgan fingerprint density at radius 2 is 1.54 bits per heavy atom. The van der Waals surface area contributed by atoms with Gasteiger partial charge in [0.05, 0.1) is 6.54 Å². The molecule has 0 spiro atoms. The van der Waals surface area contributed by atoms with Crippen LogP contribution in [0.25, 0.3) is 0 Å². The molecule has 2 aromatic rings. The zero-order valence-corrected chi connectivity index (χ0v) is 13.0. The van der Waals surface area contributed by atoms with Crippen molar-refractivity contribution in [1.29, 1.82) is 0 Å². The molecule has 0 saturated heterocycles. The molecule has 0 saturated carbocycles. The summed E-state index contributed by atoms with van der Waals surface area (Å²) in [5.74, 6) is -4.44. The van der Waals surface area contributed by atoms with Crippen molar-refractivity contribution in [2.75, 3.05) is 6.54 Å². The number of hydrogen-bond acceptors (Lipinski definition) is 4. The van der Waals surface area contributed by atoms with Crippen LogP contribution in [-0.4, -0.2) is 35.0 Å². The summed E-state index contributed by atoms with van der Waals surface area (Å²) < 4.78 is 28.0. The van der Waals surface area contributed by atoms with Crippen LogP contribution < -0.4 is 11.5 Å². The van der Waals surface area contributed by atoms with Gasteiger partial charge in [-0.1, -0.05) is 60.7 Å². The molecule has 128 valence electrons. The van der Waals surface area contributed by atoms with Crippen molar-refractivity contribution in [3.8, 4) is 0 Å². The van der Waals surface area contributed by atoms with Gasteiger partial charge in [0.1, 0.15) is 11.6 Å². The minimum Gasteiger partial charge on any atom is -0.384 e. The molecule has 0 aliphatic carbocycles. The number of aliphatic hydroxyl groups is 1. The molecule has 2 atom stereocenters. The number of Topliss-reactive ketones (excluding diaryl/α,β-unsaturated/α-hetero) is 1. The minimum absolute atomic E-state index is 0.155. The molecule has 2 unspecified atom stereocenters. The van der Waals surface area contributed by atoms with Crippen molar-refractivity contribution in [2.45, 2.75) is 24.0 Å². The molecule has 0 aliphatic heterocycles. The number of hydrogen-bond donors (Lipinski definition) is 3. The molecule has 0 fully saturated rings. The lowest BCUT2D eigenvalue weighted by Crippen LogP contribution is -2.66. The zero-order valence-electron chi connectivity index (χ0n) is 13.0. The average Bonchev–Trinajstić information content (AvgIpc) is 2.61. The van der Waals surface area contributed by atoms with Gasteiger partial charge in [-0.3, -0.25) is 4.79 Å². The Hall–Kier alpha value is -2.15. The fraction of sp³-hybridized carbons (Fsp3) is 0.278. The van der Waals surface area contributed by atoms with Gasteiger partial charge >= 0.3 is 0 Å². The number of rotatable bonds is 7. The number of nitrogens with two attached hydrogens (primary N) is 2. The van der Waals surface area contributed by atoms with E-state index < -0.39 is 29.9 Å². The Kier molecular flexibility index (Phi) is 5.43. The van der Waals surface area contributed by atoms with Crippen LogP contribution in [0.5, 0.6) is 0 Å². The summed E-state index contributed by atoms with van der Waals surface area (Å²) in [6.45, 7) is -1.11. The smallest absolute Gasteiger partial charge is 0.287 e. The number of aliphatic hydroxyl groups excluding tert-OH is 1. The summed E-state index contributed by atoms with van der Waals surface area (Å²) in [6.07, 6.45) is -2.65. The van der Waals surface area contributed by atoms with Gasteiger partial charge in [-0.05, 0) is 5.56 Å².